The first-order valence-electron chi connectivity index (χ1n) is 8.21. The monoisotopic (exact) mass is 280 g/mol. The molecule has 1 aromatic carbocycles. The van der Waals surface area contributed by atoms with Crippen LogP contribution in [-0.2, 0) is 4.79 Å². The van der Waals surface area contributed by atoms with Crippen molar-refractivity contribution in [1.82, 2.24) is 0 Å². The van der Waals surface area contributed by atoms with E-state index in [1.54, 1.807) is 0 Å². The molecule has 4 saturated carbocycles. The molecular formula is C18H20N2O. The lowest BCUT2D eigenvalue weighted by atomic mass is 9.53. The summed E-state index contributed by atoms with van der Waals surface area (Å²) in [6.45, 7) is 0. The summed E-state index contributed by atoms with van der Waals surface area (Å²) in [4.78, 5) is 17.4. The van der Waals surface area contributed by atoms with Crippen LogP contribution in [0.5, 0.6) is 0 Å². The fraction of sp³-hybridized carbons (Fsp3) is 0.556. The van der Waals surface area contributed by atoms with E-state index in [4.69, 9.17) is 4.99 Å². The smallest absolute Gasteiger partial charge is 0.274 e. The number of fused-ring (bicyclic) bond motifs is 1. The molecule has 4 aliphatic carbocycles. The molecular weight excluding hydrogens is 260 g/mol. The highest BCUT2D eigenvalue weighted by Crippen LogP contribution is 2.57. The van der Waals surface area contributed by atoms with Crippen LogP contribution in [-0.4, -0.2) is 17.2 Å². The first kappa shape index (κ1) is 12.0. The van der Waals surface area contributed by atoms with E-state index < -0.39 is 0 Å². The van der Waals surface area contributed by atoms with Crippen LogP contribution in [0.25, 0.3) is 0 Å². The van der Waals surface area contributed by atoms with Crippen molar-refractivity contribution in [2.45, 2.75) is 44.1 Å². The van der Waals surface area contributed by atoms with Crippen LogP contribution in [0.4, 0.5) is 5.69 Å². The van der Waals surface area contributed by atoms with Gasteiger partial charge in [-0.05, 0) is 62.3 Å². The van der Waals surface area contributed by atoms with Gasteiger partial charge in [0.15, 0.2) is 0 Å². The van der Waals surface area contributed by atoms with Gasteiger partial charge in [-0.2, -0.15) is 0 Å². The summed E-state index contributed by atoms with van der Waals surface area (Å²) in [6.07, 6.45) is 7.85. The van der Waals surface area contributed by atoms with Crippen LogP contribution >= 0.6 is 0 Å². The van der Waals surface area contributed by atoms with Crippen molar-refractivity contribution >= 4 is 17.3 Å². The van der Waals surface area contributed by atoms with E-state index in [0.717, 1.165) is 29.0 Å². The Hall–Kier alpha value is -1.64. The summed E-state index contributed by atoms with van der Waals surface area (Å²) < 4.78 is 0. The van der Waals surface area contributed by atoms with Crippen LogP contribution in [0.2, 0.25) is 0 Å². The average molecular weight is 280 g/mol. The first-order chi connectivity index (χ1) is 10.2. The molecule has 108 valence electrons. The lowest BCUT2D eigenvalue weighted by molar-refractivity contribution is -0.110. The first-order valence-corrected chi connectivity index (χ1v) is 8.21. The molecule has 1 N–H and O–H groups in total. The fourth-order valence-corrected chi connectivity index (χ4v) is 5.65. The number of aliphatic imine (C=N–C) groups is 1. The lowest BCUT2D eigenvalue weighted by Crippen LogP contribution is -2.50. The van der Waals surface area contributed by atoms with Crippen molar-refractivity contribution in [2.24, 2.45) is 22.7 Å². The molecule has 4 bridgehead atoms. The zero-order valence-corrected chi connectivity index (χ0v) is 12.1. The quantitative estimate of drug-likeness (QED) is 0.841. The van der Waals surface area contributed by atoms with Crippen molar-refractivity contribution in [3.05, 3.63) is 29.8 Å². The number of para-hydroxylation sites is 1. The summed E-state index contributed by atoms with van der Waals surface area (Å²) in [6, 6.07) is 7.95. The predicted molar refractivity (Wildman–Crippen MR) is 82.5 cm³/mol. The molecule has 0 unspecified atom stereocenters. The summed E-state index contributed by atoms with van der Waals surface area (Å²) in [5.74, 6) is 2.58. The Morgan fingerprint density at radius 3 is 2.29 bits per heavy atom. The molecule has 21 heavy (non-hydrogen) atoms. The van der Waals surface area contributed by atoms with Crippen molar-refractivity contribution in [2.75, 3.05) is 5.32 Å². The summed E-state index contributed by atoms with van der Waals surface area (Å²) in [7, 11) is 0. The Bertz CT molecular complexity index is 626. The molecule has 4 fully saturated rings. The number of amides is 1. The number of hydrogen-bond donors (Lipinski definition) is 1. The topological polar surface area (TPSA) is 41.5 Å². The van der Waals surface area contributed by atoms with Gasteiger partial charge in [-0.25, -0.2) is 0 Å². The third-order valence-corrected chi connectivity index (χ3v) is 6.00. The maximum absolute atomic E-state index is 12.3. The van der Waals surface area contributed by atoms with E-state index in [1.165, 1.54) is 38.5 Å². The molecule has 1 aromatic rings. The van der Waals surface area contributed by atoms with Gasteiger partial charge in [-0.3, -0.25) is 9.79 Å². The number of anilines is 1. The van der Waals surface area contributed by atoms with E-state index in [2.05, 4.69) is 5.32 Å². The van der Waals surface area contributed by atoms with E-state index in [0.29, 0.717) is 5.71 Å². The second kappa shape index (κ2) is 3.96. The summed E-state index contributed by atoms with van der Waals surface area (Å²) >= 11 is 0. The minimum Gasteiger partial charge on any atom is -0.320 e. The molecule has 0 saturated heterocycles. The number of hydrogen-bond acceptors (Lipinski definition) is 2. The average Bonchev–Trinajstić information content (AvgIpc) is 2.73. The van der Waals surface area contributed by atoms with E-state index in [9.17, 15) is 4.79 Å². The molecule has 0 radical (unpaired) electrons. The maximum atomic E-state index is 12.3. The molecule has 0 atom stereocenters. The number of nitrogens with one attached hydrogen (secondary N) is 1. The van der Waals surface area contributed by atoms with Crippen molar-refractivity contribution < 1.29 is 4.79 Å². The zero-order valence-electron chi connectivity index (χ0n) is 12.1. The summed E-state index contributed by atoms with van der Waals surface area (Å²) in [5.41, 5.74) is 2.68. The van der Waals surface area contributed by atoms with E-state index in [-0.39, 0.29) is 11.4 Å². The molecule has 1 aliphatic heterocycles. The van der Waals surface area contributed by atoms with Gasteiger partial charge >= 0.3 is 0 Å². The van der Waals surface area contributed by atoms with Gasteiger partial charge in [0, 0.05) is 5.56 Å². The van der Waals surface area contributed by atoms with Gasteiger partial charge in [0.1, 0.15) is 5.71 Å². The van der Waals surface area contributed by atoms with Crippen molar-refractivity contribution in [1.29, 1.82) is 0 Å². The van der Waals surface area contributed by atoms with E-state index >= 15 is 0 Å². The Balaban J connectivity index is 1.58. The van der Waals surface area contributed by atoms with Gasteiger partial charge in [0.05, 0.1) is 11.2 Å². The number of benzene rings is 1. The van der Waals surface area contributed by atoms with Gasteiger partial charge < -0.3 is 5.32 Å². The SMILES string of the molecule is O=C1Nc2ccccc2C1=NC12CC3CC(CC(C3)C1)C2. The van der Waals surface area contributed by atoms with Crippen LogP contribution in [0, 0.1) is 17.8 Å². The molecule has 0 spiro atoms. The Morgan fingerprint density at radius 1 is 1.00 bits per heavy atom. The van der Waals surface area contributed by atoms with Crippen LogP contribution in [0.3, 0.4) is 0 Å². The van der Waals surface area contributed by atoms with Gasteiger partial charge in [0.25, 0.3) is 5.91 Å². The zero-order chi connectivity index (χ0) is 14.0. The van der Waals surface area contributed by atoms with Gasteiger partial charge in [-0.15, -0.1) is 0 Å². The summed E-state index contributed by atoms with van der Waals surface area (Å²) in [5, 5.41) is 2.96. The van der Waals surface area contributed by atoms with E-state index in [1.807, 2.05) is 24.3 Å². The molecule has 1 heterocycles. The fourth-order valence-electron chi connectivity index (χ4n) is 5.65. The molecule has 6 rings (SSSR count). The maximum Gasteiger partial charge on any atom is 0.274 e. The normalized spacial score (nSPS) is 41.4. The Morgan fingerprint density at radius 2 is 1.62 bits per heavy atom. The highest BCUT2D eigenvalue weighted by Gasteiger charge is 2.51. The molecule has 3 heteroatoms. The molecule has 3 nitrogen and oxygen atoms in total. The van der Waals surface area contributed by atoms with Gasteiger partial charge in [0.2, 0.25) is 0 Å². The highest BCUT2D eigenvalue weighted by atomic mass is 16.2. The van der Waals surface area contributed by atoms with Crippen molar-refractivity contribution in [3.8, 4) is 0 Å². The molecule has 0 aromatic heterocycles. The number of rotatable bonds is 1. The second-order valence-corrected chi connectivity index (χ2v) is 7.60. The van der Waals surface area contributed by atoms with Crippen molar-refractivity contribution in [3.63, 3.8) is 0 Å². The standard InChI is InChI=1S/C18H20N2O/c21-17-16(14-3-1-2-4-15(14)19-17)20-18-8-11-5-12(9-18)7-13(6-11)10-18/h1-4,11-13H,5-10H2,(H,19,20,21). The highest BCUT2D eigenvalue weighted by molar-refractivity contribution is 6.53. The minimum absolute atomic E-state index is 0.00746. The third-order valence-electron chi connectivity index (χ3n) is 6.00. The number of carbonyl (C=O) groups is 1. The Labute approximate surface area is 124 Å². The van der Waals surface area contributed by atoms with Crippen LogP contribution < -0.4 is 5.32 Å². The molecule has 1 amide bonds. The Kier molecular flexibility index (Phi) is 2.26. The predicted octanol–water partition coefficient (Wildman–Crippen LogP) is 3.40. The molecule has 5 aliphatic rings. The number of nitrogens with zero attached hydrogens (tertiary/aromatic N) is 1. The lowest BCUT2D eigenvalue weighted by Gasteiger charge is -2.55. The van der Waals surface area contributed by atoms with Crippen LogP contribution in [0.1, 0.15) is 44.1 Å². The minimum atomic E-state index is -0.00746. The third kappa shape index (κ3) is 1.73. The van der Waals surface area contributed by atoms with Crippen LogP contribution in [0.15, 0.2) is 29.3 Å². The second-order valence-electron chi connectivity index (χ2n) is 7.60. The largest absolute Gasteiger partial charge is 0.320 e. The van der Waals surface area contributed by atoms with Gasteiger partial charge in [-0.1, -0.05) is 18.2 Å². The number of carbonyl (C=O) groups excluding carboxylic acids is 1.